The van der Waals surface area contributed by atoms with Crippen LogP contribution in [0.4, 0.5) is 0 Å². The lowest BCUT2D eigenvalue weighted by molar-refractivity contribution is 0.0982. The number of fused-ring (bicyclic) bond motifs is 1. The van der Waals surface area contributed by atoms with Crippen molar-refractivity contribution >= 4 is 17.4 Å². The maximum atomic E-state index is 12.6. The molecule has 0 saturated carbocycles. The van der Waals surface area contributed by atoms with Gasteiger partial charge in [0.15, 0.2) is 5.78 Å². The number of ketones is 1. The molecule has 5 heteroatoms. The highest BCUT2D eigenvalue weighted by atomic mass is 35.5. The number of hydrogen-bond donors (Lipinski definition) is 0. The van der Waals surface area contributed by atoms with Gasteiger partial charge in [-0.2, -0.15) is 5.10 Å². The van der Waals surface area contributed by atoms with Crippen molar-refractivity contribution in [1.82, 2.24) is 9.78 Å². The highest BCUT2D eigenvalue weighted by Crippen LogP contribution is 2.33. The van der Waals surface area contributed by atoms with Crippen LogP contribution in [-0.2, 0) is 19.4 Å². The van der Waals surface area contributed by atoms with Crippen LogP contribution in [0.25, 0.3) is 0 Å². The zero-order valence-corrected chi connectivity index (χ0v) is 12.9. The Balaban J connectivity index is 1.92. The summed E-state index contributed by atoms with van der Waals surface area (Å²) in [5.74, 6) is 0.865. The number of aryl methyl sites for hydroxylation is 2. The van der Waals surface area contributed by atoms with E-state index in [4.69, 9.17) is 16.3 Å². The van der Waals surface area contributed by atoms with E-state index in [1.165, 1.54) is 0 Å². The highest BCUT2D eigenvalue weighted by Gasteiger charge is 2.21. The summed E-state index contributed by atoms with van der Waals surface area (Å²) in [6.45, 7) is 5.20. The first-order valence-electron chi connectivity index (χ1n) is 7.10. The van der Waals surface area contributed by atoms with Crippen molar-refractivity contribution in [2.45, 2.75) is 33.2 Å². The number of nitrogens with zero attached hydrogens (tertiary/aromatic N) is 2. The van der Waals surface area contributed by atoms with Crippen LogP contribution in [0.3, 0.4) is 0 Å². The van der Waals surface area contributed by atoms with Gasteiger partial charge in [-0.05, 0) is 37.6 Å². The summed E-state index contributed by atoms with van der Waals surface area (Å²) in [6, 6.07) is 5.57. The van der Waals surface area contributed by atoms with Gasteiger partial charge in [0.25, 0.3) is 0 Å². The number of carbonyl (C=O) groups excluding carboxylic acids is 1. The minimum absolute atomic E-state index is 0.0393. The van der Waals surface area contributed by atoms with E-state index in [-0.39, 0.29) is 12.2 Å². The minimum Gasteiger partial charge on any atom is -0.493 e. The van der Waals surface area contributed by atoms with Gasteiger partial charge < -0.3 is 4.74 Å². The van der Waals surface area contributed by atoms with Gasteiger partial charge in [-0.1, -0.05) is 11.6 Å². The Bertz CT molecular complexity index is 707. The van der Waals surface area contributed by atoms with Gasteiger partial charge in [0, 0.05) is 30.0 Å². The van der Waals surface area contributed by atoms with Crippen molar-refractivity contribution in [1.29, 1.82) is 0 Å². The fraction of sp³-hybridized carbons (Fsp3) is 0.375. The quantitative estimate of drug-likeness (QED) is 0.815. The summed E-state index contributed by atoms with van der Waals surface area (Å²) in [4.78, 5) is 12.6. The Hall–Kier alpha value is -1.81. The molecule has 110 valence electrons. The molecule has 2 aromatic rings. The van der Waals surface area contributed by atoms with Crippen LogP contribution in [0.2, 0.25) is 5.02 Å². The average Bonchev–Trinajstić information content (AvgIpc) is 3.04. The van der Waals surface area contributed by atoms with Crippen LogP contribution in [0.5, 0.6) is 5.75 Å². The van der Waals surface area contributed by atoms with Crippen LogP contribution in [0.1, 0.15) is 34.2 Å². The molecule has 0 spiro atoms. The fourth-order valence-corrected chi connectivity index (χ4v) is 3.02. The molecule has 1 aliphatic rings. The summed E-state index contributed by atoms with van der Waals surface area (Å²) < 4.78 is 7.39. The molecular formula is C16H17ClN2O2. The molecule has 0 radical (unpaired) electrons. The molecule has 0 bridgehead atoms. The van der Waals surface area contributed by atoms with E-state index in [1.54, 1.807) is 4.68 Å². The van der Waals surface area contributed by atoms with Crippen LogP contribution >= 0.6 is 11.6 Å². The van der Waals surface area contributed by atoms with Crippen molar-refractivity contribution < 1.29 is 9.53 Å². The van der Waals surface area contributed by atoms with E-state index >= 15 is 0 Å². The van der Waals surface area contributed by atoms with Gasteiger partial charge in [0.2, 0.25) is 0 Å². The molecule has 1 aromatic heterocycles. The van der Waals surface area contributed by atoms with Gasteiger partial charge in [-0.15, -0.1) is 0 Å². The molecule has 21 heavy (non-hydrogen) atoms. The second-order valence-electron chi connectivity index (χ2n) is 5.24. The van der Waals surface area contributed by atoms with Crippen LogP contribution in [0.15, 0.2) is 18.2 Å². The third-order valence-corrected chi connectivity index (χ3v) is 3.88. The molecule has 0 saturated heterocycles. The Morgan fingerprint density at radius 3 is 3.00 bits per heavy atom. The summed E-state index contributed by atoms with van der Waals surface area (Å²) in [6.07, 6.45) is 1.14. The summed E-state index contributed by atoms with van der Waals surface area (Å²) >= 11 is 6.14. The number of halogens is 1. The molecule has 1 aliphatic heterocycles. The summed E-state index contributed by atoms with van der Waals surface area (Å²) in [5.41, 5.74) is 3.45. The SMILES string of the molecule is CCn1nc(C)cc1C(=O)Cc1cc(Cl)cc2c1OCC2. The normalized spacial score (nSPS) is 13.1. The first kappa shape index (κ1) is 14.1. The summed E-state index contributed by atoms with van der Waals surface area (Å²) in [7, 11) is 0. The second kappa shape index (κ2) is 5.53. The minimum atomic E-state index is 0.0393. The van der Waals surface area contributed by atoms with E-state index in [2.05, 4.69) is 5.10 Å². The second-order valence-corrected chi connectivity index (χ2v) is 5.67. The van der Waals surface area contributed by atoms with Crippen LogP contribution in [0, 0.1) is 6.92 Å². The van der Waals surface area contributed by atoms with Crippen molar-refractivity contribution in [3.05, 3.63) is 45.7 Å². The molecule has 0 atom stereocenters. The smallest absolute Gasteiger partial charge is 0.185 e. The zero-order chi connectivity index (χ0) is 15.0. The maximum absolute atomic E-state index is 12.6. The molecule has 3 rings (SSSR count). The van der Waals surface area contributed by atoms with Crippen molar-refractivity contribution in [3.8, 4) is 5.75 Å². The third kappa shape index (κ3) is 2.68. The predicted octanol–water partition coefficient (Wildman–Crippen LogP) is 3.23. The monoisotopic (exact) mass is 304 g/mol. The standard InChI is InChI=1S/C16H17ClN2O2/c1-3-19-14(6-10(2)18-19)15(20)9-12-8-13(17)7-11-4-5-21-16(11)12/h6-8H,3-5,9H2,1-2H3. The molecule has 0 N–H and O–H groups in total. The zero-order valence-electron chi connectivity index (χ0n) is 12.1. The third-order valence-electron chi connectivity index (χ3n) is 3.66. The highest BCUT2D eigenvalue weighted by molar-refractivity contribution is 6.30. The Kier molecular flexibility index (Phi) is 3.72. The average molecular weight is 305 g/mol. The van der Waals surface area contributed by atoms with Gasteiger partial charge in [0.1, 0.15) is 11.4 Å². The number of carbonyl (C=O) groups is 1. The maximum Gasteiger partial charge on any atom is 0.185 e. The number of ether oxygens (including phenoxy) is 1. The Morgan fingerprint density at radius 2 is 2.24 bits per heavy atom. The number of rotatable bonds is 4. The van der Waals surface area contributed by atoms with Crippen molar-refractivity contribution in [3.63, 3.8) is 0 Å². The van der Waals surface area contributed by atoms with E-state index in [1.807, 2.05) is 32.0 Å². The van der Waals surface area contributed by atoms with E-state index in [0.29, 0.717) is 23.9 Å². The fourth-order valence-electron chi connectivity index (χ4n) is 2.75. The van der Waals surface area contributed by atoms with Gasteiger partial charge in [-0.25, -0.2) is 0 Å². The molecule has 0 aliphatic carbocycles. The molecule has 0 unspecified atom stereocenters. The largest absolute Gasteiger partial charge is 0.493 e. The van der Waals surface area contributed by atoms with Crippen molar-refractivity contribution in [2.24, 2.45) is 0 Å². The lowest BCUT2D eigenvalue weighted by Gasteiger charge is -2.09. The topological polar surface area (TPSA) is 44.1 Å². The van der Waals surface area contributed by atoms with Crippen LogP contribution in [-0.4, -0.2) is 22.2 Å². The van der Waals surface area contributed by atoms with Gasteiger partial charge in [-0.3, -0.25) is 9.48 Å². The molecule has 1 aromatic carbocycles. The molecule has 2 heterocycles. The first-order valence-corrected chi connectivity index (χ1v) is 7.48. The number of hydrogen-bond acceptors (Lipinski definition) is 3. The predicted molar refractivity (Wildman–Crippen MR) is 81.3 cm³/mol. The van der Waals surface area contributed by atoms with Gasteiger partial charge in [0.05, 0.1) is 12.3 Å². The Morgan fingerprint density at radius 1 is 1.43 bits per heavy atom. The summed E-state index contributed by atoms with van der Waals surface area (Å²) in [5, 5.41) is 4.98. The number of aromatic nitrogens is 2. The van der Waals surface area contributed by atoms with E-state index < -0.39 is 0 Å². The number of benzene rings is 1. The molecule has 4 nitrogen and oxygen atoms in total. The molecule has 0 fully saturated rings. The first-order chi connectivity index (χ1) is 10.1. The molecule has 0 amide bonds. The lowest BCUT2D eigenvalue weighted by Crippen LogP contribution is -2.12. The van der Waals surface area contributed by atoms with Gasteiger partial charge >= 0.3 is 0 Å². The lowest BCUT2D eigenvalue weighted by atomic mass is 10.0. The Labute approximate surface area is 128 Å². The molecular weight excluding hydrogens is 288 g/mol. The van der Waals surface area contributed by atoms with Crippen molar-refractivity contribution in [2.75, 3.05) is 6.61 Å². The number of Topliss-reactive ketones (excluding diaryl/α,β-unsaturated/α-hetero) is 1. The van der Waals surface area contributed by atoms with E-state index in [9.17, 15) is 4.79 Å². The van der Waals surface area contributed by atoms with Crippen LogP contribution < -0.4 is 4.74 Å². The van der Waals surface area contributed by atoms with E-state index in [0.717, 1.165) is 29.0 Å².